The number of anilines is 3. The van der Waals surface area contributed by atoms with Crippen LogP contribution in [0.3, 0.4) is 0 Å². The van der Waals surface area contributed by atoms with Crippen LogP contribution in [0, 0.1) is 5.82 Å². The Balaban J connectivity index is 1.72. The number of carbonyl (C=O) groups excluding carboxylic acids is 1. The van der Waals surface area contributed by atoms with Gasteiger partial charge in [0.05, 0.1) is 41.6 Å². The molecule has 0 saturated carbocycles. The normalized spacial score (nSPS) is 19.2. The fourth-order valence-electron chi connectivity index (χ4n) is 4.77. The second-order valence-corrected chi connectivity index (χ2v) is 8.74. The molecule has 7 nitrogen and oxygen atoms in total. The molecule has 3 aromatic rings. The number of aromatic amines is 1. The van der Waals surface area contributed by atoms with Crippen LogP contribution in [0.2, 0.25) is 0 Å². The number of amides is 1. The highest BCUT2D eigenvalue weighted by Gasteiger charge is 2.33. The topological polar surface area (TPSA) is 91.1 Å². The van der Waals surface area contributed by atoms with Crippen molar-refractivity contribution in [3.8, 4) is 17.0 Å². The molecular weight excluding hydrogens is 433 g/mol. The van der Waals surface area contributed by atoms with Gasteiger partial charge in [-0.3, -0.25) is 9.78 Å². The third-order valence-electron chi connectivity index (χ3n) is 6.53. The number of carbonyl (C=O) groups is 1. The SMILES string of the molecule is COc1c(F)cccc1Nc1c2[nH]c3c1C(=O)NC[C@@H]3CC/C(C)=C\CCNc1cnccc1-2. The van der Waals surface area contributed by atoms with E-state index in [0.29, 0.717) is 23.5 Å². The van der Waals surface area contributed by atoms with Crippen LogP contribution in [0.5, 0.6) is 5.75 Å². The highest BCUT2D eigenvalue weighted by molar-refractivity contribution is 6.07. The lowest BCUT2D eigenvalue weighted by atomic mass is 9.90. The molecule has 0 saturated heterocycles. The van der Waals surface area contributed by atoms with E-state index in [4.69, 9.17) is 4.74 Å². The van der Waals surface area contributed by atoms with Crippen LogP contribution in [-0.2, 0) is 0 Å². The molecular formula is C26H28FN5O2. The van der Waals surface area contributed by atoms with E-state index in [2.05, 4.69) is 38.9 Å². The van der Waals surface area contributed by atoms with Crippen molar-refractivity contribution in [1.82, 2.24) is 15.3 Å². The Hall–Kier alpha value is -3.81. The van der Waals surface area contributed by atoms with Crippen molar-refractivity contribution in [2.24, 2.45) is 0 Å². The standard InChI is InChI=1S/C26H28FN5O2/c1-15-5-4-11-29-20-14-28-12-10-17(20)23-24(31-19-7-3-6-18(27)25(19)34-2)21-22(32-23)16(9-8-15)13-30-26(21)33/h3,5-7,10,12,14,16,29,31-32H,4,8-9,11,13H2,1-2H3,(H,30,33)/b15-5-/t16-/m0/s1. The van der Waals surface area contributed by atoms with Crippen LogP contribution in [0.1, 0.15) is 48.2 Å². The first-order valence-electron chi connectivity index (χ1n) is 11.5. The molecule has 4 heterocycles. The zero-order valence-electron chi connectivity index (χ0n) is 19.3. The first-order chi connectivity index (χ1) is 16.6. The molecule has 1 aromatic carbocycles. The van der Waals surface area contributed by atoms with Gasteiger partial charge in [0.15, 0.2) is 11.6 Å². The first-order valence-corrected chi connectivity index (χ1v) is 11.5. The molecule has 176 valence electrons. The molecule has 2 bridgehead atoms. The number of nitrogens with one attached hydrogen (secondary N) is 4. The number of allylic oxidation sites excluding steroid dienone is 1. The summed E-state index contributed by atoms with van der Waals surface area (Å²) in [6.07, 6.45) is 8.56. The molecule has 4 N–H and O–H groups in total. The molecule has 5 rings (SSSR count). The number of hydrogen-bond acceptors (Lipinski definition) is 5. The Labute approximate surface area is 197 Å². The molecule has 34 heavy (non-hydrogen) atoms. The molecule has 1 amide bonds. The summed E-state index contributed by atoms with van der Waals surface area (Å²) < 4.78 is 19.8. The van der Waals surface area contributed by atoms with Crippen LogP contribution >= 0.6 is 0 Å². The Kier molecular flexibility index (Phi) is 5.96. The zero-order valence-corrected chi connectivity index (χ0v) is 19.3. The Morgan fingerprint density at radius 2 is 2.12 bits per heavy atom. The Morgan fingerprint density at radius 1 is 1.24 bits per heavy atom. The second kappa shape index (κ2) is 9.21. The molecule has 1 atom stereocenters. The smallest absolute Gasteiger partial charge is 0.255 e. The van der Waals surface area contributed by atoms with Crippen LogP contribution in [0.15, 0.2) is 48.3 Å². The van der Waals surface area contributed by atoms with Gasteiger partial charge in [-0.2, -0.15) is 0 Å². The average Bonchev–Trinajstić information content (AvgIpc) is 3.21. The van der Waals surface area contributed by atoms with Crippen LogP contribution < -0.4 is 20.7 Å². The van der Waals surface area contributed by atoms with Crippen LogP contribution in [0.25, 0.3) is 11.3 Å². The lowest BCUT2D eigenvalue weighted by Gasteiger charge is -2.24. The van der Waals surface area contributed by atoms with E-state index in [1.807, 2.05) is 6.07 Å². The molecule has 2 aromatic heterocycles. The Bertz CT molecular complexity index is 1270. The fourth-order valence-corrected chi connectivity index (χ4v) is 4.77. The molecule has 0 fully saturated rings. The van der Waals surface area contributed by atoms with Gasteiger partial charge < -0.3 is 25.7 Å². The van der Waals surface area contributed by atoms with E-state index < -0.39 is 5.82 Å². The van der Waals surface area contributed by atoms with Crippen molar-refractivity contribution >= 4 is 23.0 Å². The summed E-state index contributed by atoms with van der Waals surface area (Å²) in [5.41, 5.74) is 6.33. The highest BCUT2D eigenvalue weighted by atomic mass is 19.1. The van der Waals surface area contributed by atoms with E-state index in [1.54, 1.807) is 24.5 Å². The lowest BCUT2D eigenvalue weighted by molar-refractivity contribution is 0.0940. The number of nitrogens with zero attached hydrogens (tertiary/aromatic N) is 1. The van der Waals surface area contributed by atoms with Gasteiger partial charge in [-0.05, 0) is 44.4 Å². The number of aromatic nitrogens is 2. The number of halogens is 1. The highest BCUT2D eigenvalue weighted by Crippen LogP contribution is 2.44. The minimum atomic E-state index is -0.476. The summed E-state index contributed by atoms with van der Waals surface area (Å²) in [6, 6.07) is 6.62. The molecule has 0 aliphatic carbocycles. The molecule has 2 aliphatic heterocycles. The summed E-state index contributed by atoms with van der Waals surface area (Å²) in [6.45, 7) is 3.49. The summed E-state index contributed by atoms with van der Waals surface area (Å²) in [7, 11) is 1.43. The van der Waals surface area contributed by atoms with Gasteiger partial charge in [-0.25, -0.2) is 4.39 Å². The fraction of sp³-hybridized carbons (Fsp3) is 0.308. The van der Waals surface area contributed by atoms with Gasteiger partial charge in [0.25, 0.3) is 5.91 Å². The van der Waals surface area contributed by atoms with Crippen LogP contribution in [0.4, 0.5) is 21.5 Å². The Morgan fingerprint density at radius 3 is 2.97 bits per heavy atom. The number of H-pyrrole nitrogens is 1. The van der Waals surface area contributed by atoms with Crippen LogP contribution in [-0.4, -0.2) is 36.1 Å². The predicted molar refractivity (Wildman–Crippen MR) is 131 cm³/mol. The van der Waals surface area contributed by atoms with Crippen molar-refractivity contribution < 1.29 is 13.9 Å². The zero-order chi connectivity index (χ0) is 23.7. The number of methoxy groups -OCH3 is 1. The van der Waals surface area contributed by atoms with E-state index >= 15 is 0 Å². The number of para-hydroxylation sites is 1. The maximum atomic E-state index is 14.5. The van der Waals surface area contributed by atoms with Crippen molar-refractivity contribution in [2.75, 3.05) is 30.8 Å². The molecule has 0 unspecified atom stereocenters. The predicted octanol–water partition coefficient (Wildman–Crippen LogP) is 5.34. The van der Waals surface area contributed by atoms with Crippen molar-refractivity contribution in [1.29, 1.82) is 0 Å². The van der Waals surface area contributed by atoms with Gasteiger partial charge in [0, 0.05) is 36.5 Å². The number of hydrogen-bond donors (Lipinski definition) is 4. The second-order valence-electron chi connectivity index (χ2n) is 8.74. The maximum absolute atomic E-state index is 14.5. The minimum absolute atomic E-state index is 0.0967. The van der Waals surface area contributed by atoms with Gasteiger partial charge in [0.1, 0.15) is 0 Å². The number of pyridine rings is 1. The maximum Gasteiger partial charge on any atom is 0.255 e. The molecule has 8 heteroatoms. The molecule has 0 spiro atoms. The van der Waals surface area contributed by atoms with Crippen molar-refractivity contribution in [2.45, 2.75) is 32.1 Å². The van der Waals surface area contributed by atoms with Crippen molar-refractivity contribution in [3.05, 3.63) is 65.4 Å². The van der Waals surface area contributed by atoms with E-state index in [1.165, 1.54) is 18.7 Å². The van der Waals surface area contributed by atoms with Gasteiger partial charge in [-0.15, -0.1) is 0 Å². The number of benzene rings is 1. The van der Waals surface area contributed by atoms with Gasteiger partial charge in [-0.1, -0.05) is 17.7 Å². The van der Waals surface area contributed by atoms with Gasteiger partial charge >= 0.3 is 0 Å². The summed E-state index contributed by atoms with van der Waals surface area (Å²) in [5.74, 6) is -0.399. The largest absolute Gasteiger partial charge is 0.492 e. The number of rotatable bonds is 3. The number of ether oxygens (including phenoxy) is 1. The third kappa shape index (κ3) is 4.00. The number of fused-ring (bicyclic) bond motifs is 3. The quantitative estimate of drug-likeness (QED) is 0.396. The van der Waals surface area contributed by atoms with Gasteiger partial charge in [0.2, 0.25) is 0 Å². The first kappa shape index (κ1) is 22.0. The average molecular weight is 462 g/mol. The minimum Gasteiger partial charge on any atom is -0.492 e. The third-order valence-corrected chi connectivity index (χ3v) is 6.53. The monoisotopic (exact) mass is 461 g/mol. The van der Waals surface area contributed by atoms with E-state index in [9.17, 15) is 9.18 Å². The lowest BCUT2D eigenvalue weighted by Crippen LogP contribution is -2.35. The summed E-state index contributed by atoms with van der Waals surface area (Å²) in [4.78, 5) is 21.0. The molecule has 0 radical (unpaired) electrons. The van der Waals surface area contributed by atoms with E-state index in [-0.39, 0.29) is 17.6 Å². The summed E-state index contributed by atoms with van der Waals surface area (Å²) >= 11 is 0. The van der Waals surface area contributed by atoms with Crippen molar-refractivity contribution in [3.63, 3.8) is 0 Å². The molecule has 2 aliphatic rings. The van der Waals surface area contributed by atoms with E-state index in [0.717, 1.165) is 48.4 Å². The summed E-state index contributed by atoms with van der Waals surface area (Å²) in [5, 5.41) is 9.85.